The first-order valence-electron chi connectivity index (χ1n) is 12.7. The van der Waals surface area contributed by atoms with Gasteiger partial charge in [-0.3, -0.25) is 14.5 Å². The van der Waals surface area contributed by atoms with Gasteiger partial charge in [-0.2, -0.15) is 0 Å². The van der Waals surface area contributed by atoms with Gasteiger partial charge in [-0.1, -0.05) is 11.6 Å². The number of hydrogen-bond donors (Lipinski definition) is 1. The van der Waals surface area contributed by atoms with Crippen LogP contribution in [0.15, 0.2) is 48.5 Å². The summed E-state index contributed by atoms with van der Waals surface area (Å²) in [4.78, 5) is 34.8. The van der Waals surface area contributed by atoms with Crippen LogP contribution in [0.4, 0.5) is 11.4 Å². The quantitative estimate of drug-likeness (QED) is 0.458. The first-order chi connectivity index (χ1) is 17.9. The molecule has 2 fully saturated rings. The third-order valence-corrected chi connectivity index (χ3v) is 7.37. The lowest BCUT2D eigenvalue weighted by Gasteiger charge is -2.33. The Kier molecular flexibility index (Phi) is 9.37. The summed E-state index contributed by atoms with van der Waals surface area (Å²) >= 11 is 11.8. The molecule has 1 N–H and O–H groups in total. The fourth-order valence-electron chi connectivity index (χ4n) is 4.64. The van der Waals surface area contributed by atoms with Gasteiger partial charge < -0.3 is 24.8 Å². The Balaban J connectivity index is 1.44. The van der Waals surface area contributed by atoms with Crippen LogP contribution >= 0.6 is 23.8 Å². The number of halogens is 1. The van der Waals surface area contributed by atoms with Crippen molar-refractivity contribution in [2.45, 2.75) is 25.8 Å². The van der Waals surface area contributed by atoms with Gasteiger partial charge in [0.05, 0.1) is 18.7 Å². The number of hydrogen-bond acceptors (Lipinski definition) is 6. The molecule has 0 saturated carbocycles. The van der Waals surface area contributed by atoms with Gasteiger partial charge in [0.15, 0.2) is 5.11 Å². The molecule has 198 valence electrons. The van der Waals surface area contributed by atoms with Crippen LogP contribution in [0.1, 0.15) is 19.8 Å². The molecule has 0 aliphatic carbocycles. The first-order valence-corrected chi connectivity index (χ1v) is 13.5. The zero-order chi connectivity index (χ0) is 26.4. The van der Waals surface area contributed by atoms with Gasteiger partial charge in [0, 0.05) is 43.4 Å². The molecule has 0 unspecified atom stereocenters. The molecule has 2 heterocycles. The molecule has 2 aromatic carbocycles. The van der Waals surface area contributed by atoms with E-state index in [0.717, 1.165) is 44.9 Å². The van der Waals surface area contributed by atoms with Crippen molar-refractivity contribution in [1.82, 2.24) is 14.7 Å². The van der Waals surface area contributed by atoms with Gasteiger partial charge in [0.2, 0.25) is 5.91 Å². The molecular weight excluding hydrogens is 510 g/mol. The second-order valence-corrected chi connectivity index (χ2v) is 10.2. The molecule has 0 radical (unpaired) electrons. The number of piperazine rings is 1. The smallest absolute Gasteiger partial charge is 0.256 e. The van der Waals surface area contributed by atoms with Crippen molar-refractivity contribution in [3.05, 3.63) is 53.6 Å². The van der Waals surface area contributed by atoms with E-state index in [4.69, 9.17) is 28.6 Å². The van der Waals surface area contributed by atoms with E-state index in [1.807, 2.05) is 24.0 Å². The van der Waals surface area contributed by atoms with E-state index in [1.165, 1.54) is 4.90 Å². The first kappa shape index (κ1) is 27.3. The highest BCUT2D eigenvalue weighted by molar-refractivity contribution is 7.80. The Morgan fingerprint density at radius 2 is 1.73 bits per heavy atom. The number of amides is 2. The summed E-state index contributed by atoms with van der Waals surface area (Å²) in [6.45, 7) is 8.19. The number of benzene rings is 2. The van der Waals surface area contributed by atoms with Gasteiger partial charge in [-0.05, 0) is 87.7 Å². The number of rotatable bonds is 10. The molecule has 2 aromatic rings. The van der Waals surface area contributed by atoms with Gasteiger partial charge in [0.25, 0.3) is 5.91 Å². The monoisotopic (exact) mass is 543 g/mol. The Hall–Kier alpha value is -2.72. The van der Waals surface area contributed by atoms with Crippen LogP contribution in [-0.4, -0.2) is 90.6 Å². The molecule has 2 saturated heterocycles. The Labute approximate surface area is 229 Å². The number of anilines is 2. The molecule has 2 aliphatic heterocycles. The number of carbonyl (C=O) groups excluding carboxylic acids is 2. The van der Waals surface area contributed by atoms with E-state index in [9.17, 15) is 9.59 Å². The lowest BCUT2D eigenvalue weighted by Crippen LogP contribution is -2.45. The minimum absolute atomic E-state index is 0.00475. The van der Waals surface area contributed by atoms with Crippen LogP contribution in [-0.2, 0) is 9.59 Å². The fourth-order valence-corrected chi connectivity index (χ4v) is 5.18. The zero-order valence-electron chi connectivity index (χ0n) is 21.4. The molecule has 2 aliphatic rings. The lowest BCUT2D eigenvalue weighted by molar-refractivity contribution is -0.124. The van der Waals surface area contributed by atoms with Crippen LogP contribution < -0.4 is 15.0 Å². The zero-order valence-corrected chi connectivity index (χ0v) is 22.9. The molecule has 10 heteroatoms. The molecule has 1 atom stereocenters. The van der Waals surface area contributed by atoms with Crippen LogP contribution in [0.25, 0.3) is 0 Å². The average molecular weight is 544 g/mol. The van der Waals surface area contributed by atoms with Crippen molar-refractivity contribution >= 4 is 52.1 Å². The highest BCUT2D eigenvalue weighted by Crippen LogP contribution is 2.29. The van der Waals surface area contributed by atoms with Crippen LogP contribution in [0.5, 0.6) is 5.75 Å². The van der Waals surface area contributed by atoms with Gasteiger partial charge in [-0.25, -0.2) is 0 Å². The Morgan fingerprint density at radius 3 is 2.38 bits per heavy atom. The van der Waals surface area contributed by atoms with Crippen molar-refractivity contribution in [2.75, 3.05) is 63.1 Å². The molecule has 0 spiro atoms. The summed E-state index contributed by atoms with van der Waals surface area (Å²) in [5.74, 6) is 0.294. The van der Waals surface area contributed by atoms with Crippen molar-refractivity contribution in [3.8, 4) is 5.75 Å². The van der Waals surface area contributed by atoms with E-state index in [1.54, 1.807) is 36.4 Å². The van der Waals surface area contributed by atoms with Crippen LogP contribution in [0, 0.1) is 0 Å². The Bertz CT molecular complexity index is 1090. The van der Waals surface area contributed by atoms with E-state index < -0.39 is 6.04 Å². The van der Waals surface area contributed by atoms with Crippen molar-refractivity contribution in [1.29, 1.82) is 0 Å². The van der Waals surface area contributed by atoms with Crippen molar-refractivity contribution in [3.63, 3.8) is 0 Å². The van der Waals surface area contributed by atoms with E-state index in [0.29, 0.717) is 34.7 Å². The summed E-state index contributed by atoms with van der Waals surface area (Å²) < 4.78 is 5.46. The number of nitrogens with zero attached hydrogens (tertiary/aromatic N) is 4. The van der Waals surface area contributed by atoms with Crippen LogP contribution in [0.3, 0.4) is 0 Å². The molecule has 4 rings (SSSR count). The third-order valence-electron chi connectivity index (χ3n) is 6.70. The fraction of sp³-hybridized carbons (Fsp3) is 0.444. The number of likely N-dealkylation sites (N-methyl/N-ethyl adjacent to an activating group) is 1. The minimum atomic E-state index is -0.668. The van der Waals surface area contributed by atoms with Crippen LogP contribution in [0.2, 0.25) is 5.02 Å². The van der Waals surface area contributed by atoms with Gasteiger partial charge in [0.1, 0.15) is 11.8 Å². The largest absolute Gasteiger partial charge is 0.494 e. The summed E-state index contributed by atoms with van der Waals surface area (Å²) in [6, 6.07) is 13.5. The summed E-state index contributed by atoms with van der Waals surface area (Å²) in [5.41, 5.74) is 1.30. The van der Waals surface area contributed by atoms with E-state index in [2.05, 4.69) is 22.2 Å². The maximum absolute atomic E-state index is 13.6. The second kappa shape index (κ2) is 12.7. The lowest BCUT2D eigenvalue weighted by atomic mass is 10.1. The number of carbonyl (C=O) groups is 2. The molecule has 0 bridgehead atoms. The van der Waals surface area contributed by atoms with Gasteiger partial charge >= 0.3 is 0 Å². The maximum Gasteiger partial charge on any atom is 0.256 e. The Morgan fingerprint density at radius 1 is 1.05 bits per heavy atom. The van der Waals surface area contributed by atoms with E-state index in [-0.39, 0.29) is 18.2 Å². The summed E-state index contributed by atoms with van der Waals surface area (Å²) in [6.07, 6.45) is 0.855. The number of ether oxygens (including phenoxy) is 1. The highest BCUT2D eigenvalue weighted by atomic mass is 35.5. The second-order valence-electron chi connectivity index (χ2n) is 9.35. The molecule has 2 amide bonds. The minimum Gasteiger partial charge on any atom is -0.494 e. The summed E-state index contributed by atoms with van der Waals surface area (Å²) in [7, 11) is 2.14. The van der Waals surface area contributed by atoms with Crippen molar-refractivity contribution in [2.24, 2.45) is 0 Å². The predicted molar refractivity (Wildman–Crippen MR) is 151 cm³/mol. The molecule has 0 aromatic heterocycles. The maximum atomic E-state index is 13.6. The molecule has 37 heavy (non-hydrogen) atoms. The molecule has 8 nitrogen and oxygen atoms in total. The average Bonchev–Trinajstić information content (AvgIpc) is 3.11. The number of nitrogens with one attached hydrogen (secondary N) is 1. The normalized spacial score (nSPS) is 18.9. The van der Waals surface area contributed by atoms with E-state index >= 15 is 0 Å². The van der Waals surface area contributed by atoms with Gasteiger partial charge in [-0.15, -0.1) is 0 Å². The predicted octanol–water partition coefficient (Wildman–Crippen LogP) is 3.71. The van der Waals surface area contributed by atoms with Crippen molar-refractivity contribution < 1.29 is 14.3 Å². The standard InChI is InChI=1S/C27H34ClN5O3S/c1-3-36-23-11-7-21(8-12-23)29-25(34)19-24-26(35)33(22-9-5-20(28)6-10-22)27(37)32(24)14-4-13-31-17-15-30(2)16-18-31/h5-12,24H,3-4,13-19H2,1-2H3,(H,29,34)/t24-/m1/s1. The highest BCUT2D eigenvalue weighted by Gasteiger charge is 2.43. The number of thiocarbonyl (C=S) groups is 1. The summed E-state index contributed by atoms with van der Waals surface area (Å²) in [5, 5.41) is 3.90. The third kappa shape index (κ3) is 6.98. The molecular formula is C27H34ClN5O3S. The topological polar surface area (TPSA) is 68.4 Å². The SMILES string of the molecule is CCOc1ccc(NC(=O)C[C@@H]2C(=O)N(c3ccc(Cl)cc3)C(=S)N2CCCN2CCN(C)CC2)cc1.